The Bertz CT molecular complexity index is 2840. The molecule has 0 atom stereocenters. The third-order valence-corrected chi connectivity index (χ3v) is 9.69. The van der Waals surface area contributed by atoms with Crippen molar-refractivity contribution in [2.45, 2.75) is 6.92 Å². The van der Waals surface area contributed by atoms with Crippen molar-refractivity contribution in [1.29, 1.82) is 0 Å². The number of benzene rings is 8. The minimum absolute atomic E-state index is 0.872. The Morgan fingerprint density at radius 3 is 1.90 bits per heavy atom. The summed E-state index contributed by atoms with van der Waals surface area (Å²) < 4.78 is 13.2. The minimum Gasteiger partial charge on any atom is -0.455 e. The minimum atomic E-state index is 0.872. The summed E-state index contributed by atoms with van der Waals surface area (Å²) in [6.45, 7) is 2.15. The third kappa shape index (κ3) is 4.01. The van der Waals surface area contributed by atoms with Gasteiger partial charge in [0.2, 0.25) is 0 Å². The van der Waals surface area contributed by atoms with E-state index in [9.17, 15) is 0 Å². The summed E-state index contributed by atoms with van der Waals surface area (Å²) >= 11 is 0. The summed E-state index contributed by atoms with van der Waals surface area (Å²) in [5, 5.41) is 9.40. The van der Waals surface area contributed by atoms with Crippen LogP contribution in [-0.2, 0) is 0 Å². The van der Waals surface area contributed by atoms with Crippen LogP contribution in [-0.4, -0.2) is 0 Å². The summed E-state index contributed by atoms with van der Waals surface area (Å²) in [6.07, 6.45) is 0. The molecule has 0 fully saturated rings. The molecule has 10 aromatic rings. The van der Waals surface area contributed by atoms with Crippen LogP contribution in [0.3, 0.4) is 0 Å². The molecular formula is C45H29NO2. The molecule has 226 valence electrons. The van der Waals surface area contributed by atoms with Crippen LogP contribution in [0.25, 0.3) is 76.5 Å². The Morgan fingerprint density at radius 1 is 0.396 bits per heavy atom. The van der Waals surface area contributed by atoms with Crippen LogP contribution in [0.2, 0.25) is 0 Å². The first-order chi connectivity index (χ1) is 23.7. The first-order valence-corrected chi connectivity index (χ1v) is 16.3. The molecule has 0 unspecified atom stereocenters. The van der Waals surface area contributed by atoms with E-state index in [-0.39, 0.29) is 0 Å². The standard InChI is InChI=1S/C45H29NO2/c1-28-18-24-37-39(26-28)33-12-5-6-14-35(33)43-38-25-21-30(27-42(38)48-45(37)43)29-19-22-32(23-20-29)46(31-10-3-2-4-11-31)40-16-9-15-36-34-13-7-8-17-41(34)47-44(36)40/h2-27H,1H3. The van der Waals surface area contributed by atoms with Crippen LogP contribution < -0.4 is 4.90 Å². The lowest BCUT2D eigenvalue weighted by Crippen LogP contribution is -2.10. The van der Waals surface area contributed by atoms with Crippen LogP contribution in [0.5, 0.6) is 0 Å². The number of fused-ring (bicyclic) bond motifs is 11. The first-order valence-electron chi connectivity index (χ1n) is 16.3. The second kappa shape index (κ2) is 10.3. The highest BCUT2D eigenvalue weighted by Crippen LogP contribution is 2.44. The molecule has 2 heterocycles. The van der Waals surface area contributed by atoms with Crippen molar-refractivity contribution < 1.29 is 8.83 Å². The van der Waals surface area contributed by atoms with Crippen LogP contribution in [0, 0.1) is 6.92 Å². The quantitative estimate of drug-likeness (QED) is 0.185. The summed E-state index contributed by atoms with van der Waals surface area (Å²) in [7, 11) is 0. The van der Waals surface area contributed by atoms with Crippen molar-refractivity contribution in [2.75, 3.05) is 4.90 Å². The second-order valence-electron chi connectivity index (χ2n) is 12.6. The van der Waals surface area contributed by atoms with Crippen molar-refractivity contribution in [2.24, 2.45) is 0 Å². The molecule has 0 amide bonds. The summed E-state index contributed by atoms with van der Waals surface area (Å²) in [4.78, 5) is 2.27. The van der Waals surface area contributed by atoms with Crippen molar-refractivity contribution in [3.8, 4) is 11.1 Å². The van der Waals surface area contributed by atoms with E-state index in [0.717, 1.165) is 72.1 Å². The van der Waals surface area contributed by atoms with Gasteiger partial charge in [0.15, 0.2) is 5.58 Å². The molecule has 0 saturated carbocycles. The van der Waals surface area contributed by atoms with Crippen molar-refractivity contribution in [3.05, 3.63) is 163 Å². The third-order valence-electron chi connectivity index (χ3n) is 9.69. The molecule has 3 heteroatoms. The number of para-hydroxylation sites is 3. The fourth-order valence-corrected chi connectivity index (χ4v) is 7.46. The van der Waals surface area contributed by atoms with E-state index in [0.29, 0.717) is 0 Å². The normalized spacial score (nSPS) is 11.9. The van der Waals surface area contributed by atoms with Crippen molar-refractivity contribution in [3.63, 3.8) is 0 Å². The zero-order valence-electron chi connectivity index (χ0n) is 26.3. The highest BCUT2D eigenvalue weighted by Gasteiger charge is 2.20. The topological polar surface area (TPSA) is 29.5 Å². The van der Waals surface area contributed by atoms with Crippen LogP contribution in [0.15, 0.2) is 167 Å². The van der Waals surface area contributed by atoms with Gasteiger partial charge in [-0.25, -0.2) is 0 Å². The SMILES string of the molecule is Cc1ccc2c(c1)c1ccccc1c1c3ccc(-c4ccc(N(c5ccccc5)c5cccc6c5oc5ccccc56)cc4)cc3oc21. The molecular weight excluding hydrogens is 587 g/mol. The molecule has 3 nitrogen and oxygen atoms in total. The molecule has 0 aliphatic rings. The molecule has 0 spiro atoms. The number of furan rings is 2. The van der Waals surface area contributed by atoms with Gasteiger partial charge in [-0.2, -0.15) is 0 Å². The van der Waals surface area contributed by atoms with E-state index in [1.165, 1.54) is 27.1 Å². The maximum atomic E-state index is 6.70. The zero-order valence-corrected chi connectivity index (χ0v) is 26.3. The Labute approximate surface area is 276 Å². The predicted molar refractivity (Wildman–Crippen MR) is 201 cm³/mol. The van der Waals surface area contributed by atoms with Crippen LogP contribution in [0.1, 0.15) is 5.56 Å². The number of anilines is 3. The smallest absolute Gasteiger partial charge is 0.159 e. The summed E-state index contributed by atoms with van der Waals surface area (Å²) in [6, 6.07) is 55.8. The molecule has 48 heavy (non-hydrogen) atoms. The second-order valence-corrected chi connectivity index (χ2v) is 12.6. The van der Waals surface area contributed by atoms with E-state index in [1.54, 1.807) is 0 Å². The van der Waals surface area contributed by atoms with Gasteiger partial charge in [-0.1, -0.05) is 115 Å². The molecule has 0 saturated heterocycles. The van der Waals surface area contributed by atoms with Crippen LogP contribution >= 0.6 is 0 Å². The van der Waals surface area contributed by atoms with Crippen LogP contribution in [0.4, 0.5) is 17.1 Å². The molecule has 2 aromatic heterocycles. The Kier molecular flexibility index (Phi) is 5.79. The number of hydrogen-bond acceptors (Lipinski definition) is 3. The van der Waals surface area contributed by atoms with E-state index in [4.69, 9.17) is 8.83 Å². The molecule has 0 N–H and O–H groups in total. The fraction of sp³-hybridized carbons (Fsp3) is 0.0222. The van der Waals surface area contributed by atoms with E-state index in [2.05, 4.69) is 151 Å². The Balaban J connectivity index is 1.11. The van der Waals surface area contributed by atoms with E-state index < -0.39 is 0 Å². The lowest BCUT2D eigenvalue weighted by molar-refractivity contribution is 0.669. The molecule has 8 aromatic carbocycles. The van der Waals surface area contributed by atoms with Gasteiger partial charge in [-0.3, -0.25) is 0 Å². The number of aryl methyl sites for hydroxylation is 1. The van der Waals surface area contributed by atoms with Gasteiger partial charge in [0.1, 0.15) is 16.7 Å². The van der Waals surface area contributed by atoms with Gasteiger partial charge in [-0.15, -0.1) is 0 Å². The van der Waals surface area contributed by atoms with Gasteiger partial charge in [0, 0.05) is 38.3 Å². The highest BCUT2D eigenvalue weighted by molar-refractivity contribution is 6.30. The molecule has 10 rings (SSSR count). The molecule has 0 bridgehead atoms. The first kappa shape index (κ1) is 26.9. The Morgan fingerprint density at radius 2 is 1.04 bits per heavy atom. The molecule has 0 aliphatic carbocycles. The molecule has 0 aliphatic heterocycles. The van der Waals surface area contributed by atoms with Gasteiger partial charge < -0.3 is 13.7 Å². The summed E-state index contributed by atoms with van der Waals surface area (Å²) in [5.41, 5.74) is 10.2. The number of nitrogens with zero attached hydrogens (tertiary/aromatic N) is 1. The van der Waals surface area contributed by atoms with E-state index >= 15 is 0 Å². The maximum Gasteiger partial charge on any atom is 0.159 e. The van der Waals surface area contributed by atoms with Gasteiger partial charge in [-0.05, 0) is 82.7 Å². The molecule has 0 radical (unpaired) electrons. The largest absolute Gasteiger partial charge is 0.455 e. The van der Waals surface area contributed by atoms with E-state index in [1.807, 2.05) is 18.2 Å². The zero-order chi connectivity index (χ0) is 31.8. The lowest BCUT2D eigenvalue weighted by atomic mass is 9.95. The lowest BCUT2D eigenvalue weighted by Gasteiger charge is -2.25. The maximum absolute atomic E-state index is 6.70. The predicted octanol–water partition coefficient (Wildman–Crippen LogP) is 13.2. The van der Waals surface area contributed by atoms with Crippen molar-refractivity contribution in [1.82, 2.24) is 0 Å². The number of hydrogen-bond donors (Lipinski definition) is 0. The summed E-state index contributed by atoms with van der Waals surface area (Å²) in [5.74, 6) is 0. The average Bonchev–Trinajstić information content (AvgIpc) is 3.72. The number of rotatable bonds is 4. The van der Waals surface area contributed by atoms with Gasteiger partial charge in [0.05, 0.1) is 5.69 Å². The van der Waals surface area contributed by atoms with Crippen molar-refractivity contribution >= 4 is 82.5 Å². The van der Waals surface area contributed by atoms with Gasteiger partial charge in [0.25, 0.3) is 0 Å². The average molecular weight is 616 g/mol. The Hall–Kier alpha value is -6.32. The van der Waals surface area contributed by atoms with Gasteiger partial charge >= 0.3 is 0 Å². The monoisotopic (exact) mass is 615 g/mol. The fourth-order valence-electron chi connectivity index (χ4n) is 7.46. The highest BCUT2D eigenvalue weighted by atomic mass is 16.3.